The molecule has 0 spiro atoms. The third-order valence-electron chi connectivity index (χ3n) is 3.16. The van der Waals surface area contributed by atoms with Crippen LogP contribution in [0.4, 0.5) is 0 Å². The summed E-state index contributed by atoms with van der Waals surface area (Å²) in [7, 11) is 0. The fourth-order valence-corrected chi connectivity index (χ4v) is 2.25. The molecule has 18 heavy (non-hydrogen) atoms. The Bertz CT molecular complexity index is 757. The maximum atomic E-state index is 12.4. The predicted molar refractivity (Wildman–Crippen MR) is 74.3 cm³/mol. The van der Waals surface area contributed by atoms with Crippen LogP contribution in [0.5, 0.6) is 0 Å². The Hall–Kier alpha value is -2.35. The first-order valence-electron chi connectivity index (χ1n) is 5.94. The molecule has 0 unspecified atom stereocenters. The first-order valence-corrected chi connectivity index (χ1v) is 5.94. The molecule has 0 aliphatic rings. The van der Waals surface area contributed by atoms with Gasteiger partial charge in [-0.3, -0.25) is 9.36 Å². The van der Waals surface area contributed by atoms with Gasteiger partial charge >= 0.3 is 0 Å². The van der Waals surface area contributed by atoms with Crippen LogP contribution >= 0.6 is 0 Å². The van der Waals surface area contributed by atoms with Gasteiger partial charge in [-0.15, -0.1) is 0 Å². The highest BCUT2D eigenvalue weighted by Gasteiger charge is 2.06. The van der Waals surface area contributed by atoms with Gasteiger partial charge in [-0.05, 0) is 36.1 Å². The molecule has 0 radical (unpaired) electrons. The van der Waals surface area contributed by atoms with Gasteiger partial charge in [0.1, 0.15) is 0 Å². The second-order valence-corrected chi connectivity index (χ2v) is 4.37. The van der Waals surface area contributed by atoms with Crippen molar-refractivity contribution in [3.05, 3.63) is 76.7 Å². The van der Waals surface area contributed by atoms with E-state index < -0.39 is 0 Å². The van der Waals surface area contributed by atoms with Gasteiger partial charge in [-0.2, -0.15) is 0 Å². The van der Waals surface area contributed by atoms with E-state index in [2.05, 4.69) is 0 Å². The minimum absolute atomic E-state index is 0.0300. The Morgan fingerprint density at radius 2 is 1.44 bits per heavy atom. The second-order valence-electron chi connectivity index (χ2n) is 4.37. The Balaban J connectivity index is 2.39. The van der Waals surface area contributed by atoms with Crippen LogP contribution in [-0.4, -0.2) is 4.57 Å². The normalized spacial score (nSPS) is 10.7. The predicted octanol–water partition coefficient (Wildman–Crippen LogP) is 3.30. The van der Waals surface area contributed by atoms with Crippen LogP contribution in [0.15, 0.2) is 65.6 Å². The summed E-state index contributed by atoms with van der Waals surface area (Å²) in [6.07, 6.45) is 1.90. The van der Waals surface area contributed by atoms with Gasteiger partial charge in [0, 0.05) is 17.3 Å². The zero-order valence-electron chi connectivity index (χ0n) is 10.1. The number of hydrogen-bond donors (Lipinski definition) is 0. The molecule has 0 amide bonds. The average molecular weight is 235 g/mol. The van der Waals surface area contributed by atoms with Gasteiger partial charge in [-0.25, -0.2) is 0 Å². The molecule has 2 aromatic carbocycles. The molecule has 0 fully saturated rings. The van der Waals surface area contributed by atoms with E-state index in [1.54, 1.807) is 4.57 Å². The van der Waals surface area contributed by atoms with E-state index in [0.29, 0.717) is 0 Å². The molecule has 0 N–H and O–H groups in total. The van der Waals surface area contributed by atoms with Crippen molar-refractivity contribution in [2.45, 2.75) is 6.92 Å². The van der Waals surface area contributed by atoms with E-state index >= 15 is 0 Å². The molecule has 3 rings (SSSR count). The van der Waals surface area contributed by atoms with Crippen LogP contribution in [0.25, 0.3) is 16.5 Å². The summed E-state index contributed by atoms with van der Waals surface area (Å²) in [5, 5.41) is 1.79. The SMILES string of the molecule is Cc1cn(-c2ccccc2)c(=O)c2ccccc12. The van der Waals surface area contributed by atoms with Crippen LogP contribution in [0.2, 0.25) is 0 Å². The first kappa shape index (κ1) is 10.8. The fourth-order valence-electron chi connectivity index (χ4n) is 2.25. The number of fused-ring (bicyclic) bond motifs is 1. The Kier molecular flexibility index (Phi) is 2.49. The zero-order valence-corrected chi connectivity index (χ0v) is 10.1. The van der Waals surface area contributed by atoms with Gasteiger partial charge in [0.05, 0.1) is 0 Å². The molecule has 0 aliphatic carbocycles. The Morgan fingerprint density at radius 3 is 2.17 bits per heavy atom. The molecular formula is C16H13NO. The molecular weight excluding hydrogens is 222 g/mol. The summed E-state index contributed by atoms with van der Waals surface area (Å²) in [5.41, 5.74) is 2.04. The summed E-state index contributed by atoms with van der Waals surface area (Å²) in [5.74, 6) is 0. The highest BCUT2D eigenvalue weighted by Crippen LogP contribution is 2.16. The van der Waals surface area contributed by atoms with E-state index in [1.807, 2.05) is 67.7 Å². The number of benzene rings is 2. The van der Waals surface area contributed by atoms with Crippen molar-refractivity contribution in [1.29, 1.82) is 0 Å². The van der Waals surface area contributed by atoms with Gasteiger partial charge in [0.15, 0.2) is 0 Å². The second kappa shape index (κ2) is 4.15. The first-order chi connectivity index (χ1) is 8.77. The minimum atomic E-state index is 0.0300. The number of rotatable bonds is 1. The molecule has 0 atom stereocenters. The lowest BCUT2D eigenvalue weighted by atomic mass is 10.1. The third kappa shape index (κ3) is 1.63. The van der Waals surface area contributed by atoms with Crippen LogP contribution in [0.3, 0.4) is 0 Å². The molecule has 88 valence electrons. The van der Waals surface area contributed by atoms with Crippen molar-refractivity contribution in [3.63, 3.8) is 0 Å². The summed E-state index contributed by atoms with van der Waals surface area (Å²) in [4.78, 5) is 12.4. The molecule has 0 saturated heterocycles. The van der Waals surface area contributed by atoms with Crippen LogP contribution in [0.1, 0.15) is 5.56 Å². The van der Waals surface area contributed by atoms with Crippen LogP contribution < -0.4 is 5.56 Å². The van der Waals surface area contributed by atoms with Crippen LogP contribution in [-0.2, 0) is 0 Å². The van der Waals surface area contributed by atoms with E-state index in [1.165, 1.54) is 0 Å². The molecule has 0 aliphatic heterocycles. The highest BCUT2D eigenvalue weighted by atomic mass is 16.1. The molecule has 0 saturated carbocycles. The lowest BCUT2D eigenvalue weighted by Crippen LogP contribution is -2.18. The van der Waals surface area contributed by atoms with Crippen molar-refractivity contribution in [2.24, 2.45) is 0 Å². The fraction of sp³-hybridized carbons (Fsp3) is 0.0625. The van der Waals surface area contributed by atoms with Crippen molar-refractivity contribution in [3.8, 4) is 5.69 Å². The van der Waals surface area contributed by atoms with Crippen molar-refractivity contribution >= 4 is 10.8 Å². The summed E-state index contributed by atoms with van der Waals surface area (Å²) >= 11 is 0. The van der Waals surface area contributed by atoms with Crippen LogP contribution in [0, 0.1) is 6.92 Å². The molecule has 1 heterocycles. The third-order valence-corrected chi connectivity index (χ3v) is 3.16. The maximum Gasteiger partial charge on any atom is 0.262 e. The van der Waals surface area contributed by atoms with E-state index in [-0.39, 0.29) is 5.56 Å². The van der Waals surface area contributed by atoms with Crippen molar-refractivity contribution < 1.29 is 0 Å². The molecule has 0 bridgehead atoms. The summed E-state index contributed by atoms with van der Waals surface area (Å²) < 4.78 is 1.71. The number of hydrogen-bond acceptors (Lipinski definition) is 1. The summed E-state index contributed by atoms with van der Waals surface area (Å²) in [6, 6.07) is 17.4. The molecule has 2 heteroatoms. The van der Waals surface area contributed by atoms with Crippen molar-refractivity contribution in [2.75, 3.05) is 0 Å². The topological polar surface area (TPSA) is 22.0 Å². The standard InChI is InChI=1S/C16H13NO/c1-12-11-17(13-7-3-2-4-8-13)16(18)15-10-6-5-9-14(12)15/h2-11H,1H3. The Labute approximate surface area is 105 Å². The number of aryl methyl sites for hydroxylation is 1. The molecule has 1 aromatic heterocycles. The summed E-state index contributed by atoms with van der Waals surface area (Å²) in [6.45, 7) is 2.03. The number of nitrogens with zero attached hydrogens (tertiary/aromatic N) is 1. The van der Waals surface area contributed by atoms with Gasteiger partial charge < -0.3 is 0 Å². The smallest absolute Gasteiger partial charge is 0.262 e. The molecule has 2 nitrogen and oxygen atoms in total. The van der Waals surface area contributed by atoms with E-state index in [4.69, 9.17) is 0 Å². The zero-order chi connectivity index (χ0) is 12.5. The molecule has 3 aromatic rings. The van der Waals surface area contributed by atoms with E-state index in [9.17, 15) is 4.79 Å². The average Bonchev–Trinajstić information content (AvgIpc) is 2.44. The highest BCUT2D eigenvalue weighted by molar-refractivity contribution is 5.84. The van der Waals surface area contributed by atoms with Gasteiger partial charge in [0.2, 0.25) is 0 Å². The van der Waals surface area contributed by atoms with Gasteiger partial charge in [0.25, 0.3) is 5.56 Å². The van der Waals surface area contributed by atoms with Gasteiger partial charge in [-0.1, -0.05) is 36.4 Å². The van der Waals surface area contributed by atoms with E-state index in [0.717, 1.165) is 22.0 Å². The maximum absolute atomic E-state index is 12.4. The number of pyridine rings is 1. The lowest BCUT2D eigenvalue weighted by Gasteiger charge is -2.09. The lowest BCUT2D eigenvalue weighted by molar-refractivity contribution is 0.997. The minimum Gasteiger partial charge on any atom is -0.284 e. The largest absolute Gasteiger partial charge is 0.284 e. The monoisotopic (exact) mass is 235 g/mol. The van der Waals surface area contributed by atoms with Crippen molar-refractivity contribution in [1.82, 2.24) is 4.57 Å². The number of para-hydroxylation sites is 1. The Morgan fingerprint density at radius 1 is 0.833 bits per heavy atom. The number of aromatic nitrogens is 1. The quantitative estimate of drug-likeness (QED) is 0.634.